The average molecular weight is 492 g/mol. The first kappa shape index (κ1) is 24.6. The van der Waals surface area contributed by atoms with Gasteiger partial charge in [0.1, 0.15) is 18.6 Å². The minimum Gasteiger partial charge on any atom is -0.465 e. The molecule has 0 unspecified atom stereocenters. The lowest BCUT2D eigenvalue weighted by Crippen LogP contribution is -2.36. The molecule has 0 amide bonds. The first-order valence-corrected chi connectivity index (χ1v) is 10.2. The van der Waals surface area contributed by atoms with Crippen LogP contribution in [0.25, 0.3) is 17.1 Å². The fourth-order valence-corrected chi connectivity index (χ4v) is 2.73. The van der Waals surface area contributed by atoms with Gasteiger partial charge in [-0.15, -0.1) is 18.3 Å². The van der Waals surface area contributed by atoms with E-state index in [9.17, 15) is 18.0 Å². The number of carbonyl (C=O) groups is 1. The van der Waals surface area contributed by atoms with Crippen molar-refractivity contribution in [2.45, 2.75) is 13.3 Å². The van der Waals surface area contributed by atoms with E-state index in [-0.39, 0.29) is 17.4 Å². The summed E-state index contributed by atoms with van der Waals surface area (Å²) in [5.74, 6) is -0.310. The van der Waals surface area contributed by atoms with Crippen LogP contribution in [0.3, 0.4) is 0 Å². The first-order chi connectivity index (χ1) is 16.2. The smallest absolute Gasteiger partial charge is 0.465 e. The van der Waals surface area contributed by atoms with Gasteiger partial charge in [0, 0.05) is 5.56 Å². The molecule has 3 aromatic rings. The molecule has 13 heteroatoms. The number of alkyl halides is 3. The number of thiocarbonyl (C=S) groups is 1. The van der Waals surface area contributed by atoms with Crippen LogP contribution in [-0.2, 0) is 9.53 Å². The minimum atomic E-state index is -4.75. The van der Waals surface area contributed by atoms with Crippen LogP contribution in [0.1, 0.15) is 12.5 Å². The van der Waals surface area contributed by atoms with Crippen molar-refractivity contribution >= 4 is 29.5 Å². The van der Waals surface area contributed by atoms with Crippen molar-refractivity contribution in [2.24, 2.45) is 5.10 Å². The number of esters is 1. The van der Waals surface area contributed by atoms with E-state index in [0.29, 0.717) is 18.1 Å². The second kappa shape index (κ2) is 11.2. The molecule has 0 saturated carbocycles. The summed E-state index contributed by atoms with van der Waals surface area (Å²) >= 11 is 5.01. The summed E-state index contributed by atoms with van der Waals surface area (Å²) in [4.78, 5) is 15.5. The van der Waals surface area contributed by atoms with Crippen LogP contribution in [0.5, 0.6) is 5.75 Å². The van der Waals surface area contributed by atoms with Crippen LogP contribution in [-0.4, -0.2) is 51.6 Å². The zero-order chi connectivity index (χ0) is 24.6. The zero-order valence-electron chi connectivity index (χ0n) is 17.7. The van der Waals surface area contributed by atoms with Gasteiger partial charge in [-0.1, -0.05) is 24.3 Å². The van der Waals surface area contributed by atoms with Gasteiger partial charge in [0.25, 0.3) is 0 Å². The van der Waals surface area contributed by atoms with Crippen LogP contribution in [0.2, 0.25) is 0 Å². The van der Waals surface area contributed by atoms with E-state index in [4.69, 9.17) is 17.0 Å². The molecule has 0 aliphatic heterocycles. The third kappa shape index (κ3) is 7.55. The van der Waals surface area contributed by atoms with Gasteiger partial charge in [0.2, 0.25) is 0 Å². The molecule has 9 nitrogen and oxygen atoms in total. The second-order valence-electron chi connectivity index (χ2n) is 6.53. The highest BCUT2D eigenvalue weighted by molar-refractivity contribution is 7.80. The van der Waals surface area contributed by atoms with Crippen molar-refractivity contribution in [1.82, 2.24) is 25.5 Å². The number of ether oxygens (including phenoxy) is 2. The number of benzene rings is 2. The molecule has 2 aromatic carbocycles. The Morgan fingerprint density at radius 1 is 1.18 bits per heavy atom. The number of halogens is 3. The number of hydrazone groups is 1. The molecule has 0 aliphatic carbocycles. The Morgan fingerprint density at radius 2 is 1.88 bits per heavy atom. The molecule has 0 bridgehead atoms. The number of hydrogen-bond acceptors (Lipinski definition) is 7. The number of aromatic nitrogens is 3. The van der Waals surface area contributed by atoms with E-state index < -0.39 is 12.3 Å². The molecule has 178 valence electrons. The van der Waals surface area contributed by atoms with Gasteiger partial charge in [0.05, 0.1) is 18.5 Å². The second-order valence-corrected chi connectivity index (χ2v) is 6.94. The normalized spacial score (nSPS) is 11.3. The summed E-state index contributed by atoms with van der Waals surface area (Å²) < 4.78 is 46.9. The Morgan fingerprint density at radius 3 is 2.53 bits per heavy atom. The minimum absolute atomic E-state index is 0.0605. The van der Waals surface area contributed by atoms with Gasteiger partial charge >= 0.3 is 12.3 Å². The molecule has 1 aromatic heterocycles. The molecule has 0 saturated heterocycles. The summed E-state index contributed by atoms with van der Waals surface area (Å²) in [6.45, 7) is 1.94. The van der Waals surface area contributed by atoms with Gasteiger partial charge in [-0.05, 0) is 49.0 Å². The van der Waals surface area contributed by atoms with Crippen molar-refractivity contribution in [1.29, 1.82) is 0 Å². The number of nitrogens with one attached hydrogen (secondary N) is 2. The van der Waals surface area contributed by atoms with E-state index in [1.165, 1.54) is 35.3 Å². The topological polar surface area (TPSA) is 103 Å². The predicted molar refractivity (Wildman–Crippen MR) is 121 cm³/mol. The molecule has 0 fully saturated rings. The largest absolute Gasteiger partial charge is 0.573 e. The average Bonchev–Trinajstić information content (AvgIpc) is 3.28. The molecule has 2 N–H and O–H groups in total. The fraction of sp³-hybridized carbons (Fsp3) is 0.190. The quantitative estimate of drug-likeness (QED) is 0.214. The van der Waals surface area contributed by atoms with Crippen LogP contribution >= 0.6 is 12.2 Å². The lowest BCUT2D eigenvalue weighted by Gasteiger charge is -2.09. The summed E-state index contributed by atoms with van der Waals surface area (Å²) in [5.41, 5.74) is 4.62. The van der Waals surface area contributed by atoms with Crippen molar-refractivity contribution in [3.8, 4) is 22.8 Å². The zero-order valence-corrected chi connectivity index (χ0v) is 18.6. The number of nitrogens with zero attached hydrogens (tertiary/aromatic N) is 4. The summed E-state index contributed by atoms with van der Waals surface area (Å²) in [6.07, 6.45) is -1.75. The summed E-state index contributed by atoms with van der Waals surface area (Å²) in [7, 11) is 0. The van der Waals surface area contributed by atoms with E-state index in [1.54, 1.807) is 37.4 Å². The van der Waals surface area contributed by atoms with Crippen LogP contribution in [0, 0.1) is 0 Å². The Kier molecular flexibility index (Phi) is 8.14. The highest BCUT2D eigenvalue weighted by Crippen LogP contribution is 2.24. The number of hydrogen-bond donors (Lipinski definition) is 2. The molecule has 0 atom stereocenters. The van der Waals surface area contributed by atoms with Gasteiger partial charge in [0.15, 0.2) is 10.9 Å². The maximum atomic E-state index is 12.3. The van der Waals surface area contributed by atoms with Crippen LogP contribution in [0.15, 0.2) is 60.0 Å². The molecule has 0 aliphatic rings. The summed E-state index contributed by atoms with van der Waals surface area (Å²) in [5, 5.41) is 11.2. The van der Waals surface area contributed by atoms with Crippen molar-refractivity contribution in [3.63, 3.8) is 0 Å². The van der Waals surface area contributed by atoms with E-state index >= 15 is 0 Å². The Hall–Kier alpha value is -4.00. The molecule has 0 radical (unpaired) electrons. The predicted octanol–water partition coefficient (Wildman–Crippen LogP) is 3.19. The van der Waals surface area contributed by atoms with Gasteiger partial charge in [-0.2, -0.15) is 5.10 Å². The van der Waals surface area contributed by atoms with E-state index in [2.05, 4.69) is 30.7 Å². The van der Waals surface area contributed by atoms with Gasteiger partial charge < -0.3 is 14.8 Å². The maximum Gasteiger partial charge on any atom is 0.573 e. The Balaban J connectivity index is 1.56. The van der Waals surface area contributed by atoms with Gasteiger partial charge in [-0.25, -0.2) is 9.67 Å². The third-order valence-electron chi connectivity index (χ3n) is 4.07. The lowest BCUT2D eigenvalue weighted by molar-refractivity contribution is -0.274. The first-order valence-electron chi connectivity index (χ1n) is 9.84. The van der Waals surface area contributed by atoms with E-state index in [1.807, 2.05) is 0 Å². The number of rotatable bonds is 8. The van der Waals surface area contributed by atoms with Crippen LogP contribution < -0.4 is 15.5 Å². The molecule has 34 heavy (non-hydrogen) atoms. The Labute approximate surface area is 197 Å². The van der Waals surface area contributed by atoms with Crippen molar-refractivity contribution in [2.75, 3.05) is 13.2 Å². The highest BCUT2D eigenvalue weighted by Gasteiger charge is 2.31. The maximum absolute atomic E-state index is 12.3. The summed E-state index contributed by atoms with van der Waals surface area (Å²) in [6, 6.07) is 12.4. The van der Waals surface area contributed by atoms with Crippen molar-refractivity contribution in [3.05, 3.63) is 60.4 Å². The fourth-order valence-electron chi connectivity index (χ4n) is 2.61. The molecule has 3 rings (SSSR count). The standard InChI is InChI=1S/C21H19F3N6O3S/c1-2-32-18(31)12-25-20(34)28-27-11-14-3-5-15(6-4-14)19-26-13-30(29-19)16-7-9-17(10-8-16)33-21(22,23)24/h3-11,13H,2,12H2,1H3,(H2,25,28,34). The third-order valence-corrected chi connectivity index (χ3v) is 4.31. The van der Waals surface area contributed by atoms with Gasteiger partial charge in [-0.3, -0.25) is 10.2 Å². The Bertz CT molecular complexity index is 1150. The van der Waals surface area contributed by atoms with Crippen molar-refractivity contribution < 1.29 is 27.4 Å². The molecule has 0 spiro atoms. The highest BCUT2D eigenvalue weighted by atomic mass is 32.1. The van der Waals surface area contributed by atoms with E-state index in [0.717, 1.165) is 11.1 Å². The van der Waals surface area contributed by atoms with Crippen LogP contribution in [0.4, 0.5) is 13.2 Å². The lowest BCUT2D eigenvalue weighted by atomic mass is 10.1. The molecular formula is C21H19F3N6O3S. The monoisotopic (exact) mass is 492 g/mol. The molecule has 1 heterocycles. The number of carbonyl (C=O) groups excluding carboxylic acids is 1. The SMILES string of the molecule is CCOC(=O)CNC(=S)NN=Cc1ccc(-c2ncn(-c3ccc(OC(F)(F)F)cc3)n2)cc1. The molecular weight excluding hydrogens is 473 g/mol.